The van der Waals surface area contributed by atoms with Crippen molar-refractivity contribution in [2.75, 3.05) is 13.1 Å². The van der Waals surface area contributed by atoms with E-state index in [1.165, 1.54) is 31.6 Å². The maximum absolute atomic E-state index is 14.1. The molecule has 1 aliphatic rings. The number of rotatable bonds is 4. The molecule has 0 spiro atoms. The average Bonchev–Trinajstić information content (AvgIpc) is 3.41. The first-order valence-electron chi connectivity index (χ1n) is 8.31. The summed E-state index contributed by atoms with van der Waals surface area (Å²) in [6.07, 6.45) is -1.51. The Morgan fingerprint density at radius 1 is 1.24 bits per heavy atom. The van der Waals surface area contributed by atoms with E-state index in [0.717, 1.165) is 15.2 Å². The molecular formula is C15H14F3N7O3S. The van der Waals surface area contributed by atoms with E-state index in [1.807, 2.05) is 0 Å². The fourth-order valence-corrected chi connectivity index (χ4v) is 4.73. The fourth-order valence-electron chi connectivity index (χ4n) is 3.19. The van der Waals surface area contributed by atoms with Gasteiger partial charge >= 0.3 is 6.18 Å². The highest BCUT2D eigenvalue weighted by Crippen LogP contribution is 2.48. The van der Waals surface area contributed by atoms with E-state index >= 15 is 0 Å². The molecule has 1 atom stereocenters. The molecule has 0 amide bonds. The highest BCUT2D eigenvalue weighted by molar-refractivity contribution is 7.89. The lowest BCUT2D eigenvalue weighted by atomic mass is 9.86. The van der Waals surface area contributed by atoms with Gasteiger partial charge in [0, 0.05) is 38.1 Å². The number of halogens is 3. The van der Waals surface area contributed by atoms with Gasteiger partial charge in [0.15, 0.2) is 10.4 Å². The molecule has 0 bridgehead atoms. The van der Waals surface area contributed by atoms with Crippen LogP contribution in [0.4, 0.5) is 13.2 Å². The highest BCUT2D eigenvalue weighted by Gasteiger charge is 2.64. The van der Waals surface area contributed by atoms with Crippen LogP contribution >= 0.6 is 0 Å². The molecule has 4 heterocycles. The molecule has 29 heavy (non-hydrogen) atoms. The van der Waals surface area contributed by atoms with Crippen LogP contribution in [-0.2, 0) is 22.5 Å². The summed E-state index contributed by atoms with van der Waals surface area (Å²) in [4.78, 5) is 7.75. The summed E-state index contributed by atoms with van der Waals surface area (Å²) >= 11 is 0. The first kappa shape index (κ1) is 19.4. The van der Waals surface area contributed by atoms with E-state index in [-0.39, 0.29) is 17.4 Å². The number of pyridine rings is 1. The number of aromatic nitrogens is 6. The highest BCUT2D eigenvalue weighted by atomic mass is 32.2. The van der Waals surface area contributed by atoms with E-state index in [4.69, 9.17) is 4.52 Å². The molecule has 1 fully saturated rings. The van der Waals surface area contributed by atoms with E-state index < -0.39 is 40.5 Å². The van der Waals surface area contributed by atoms with Crippen LogP contribution in [0.3, 0.4) is 0 Å². The zero-order valence-electron chi connectivity index (χ0n) is 14.9. The Labute approximate surface area is 162 Å². The predicted molar refractivity (Wildman–Crippen MR) is 89.6 cm³/mol. The van der Waals surface area contributed by atoms with E-state index in [2.05, 4.69) is 25.4 Å². The Morgan fingerprint density at radius 2 is 1.97 bits per heavy atom. The van der Waals surface area contributed by atoms with Crippen molar-refractivity contribution in [3.8, 4) is 11.4 Å². The molecule has 10 nitrogen and oxygen atoms in total. The van der Waals surface area contributed by atoms with Gasteiger partial charge in [-0.15, -0.1) is 5.10 Å². The average molecular weight is 429 g/mol. The third-order valence-corrected chi connectivity index (χ3v) is 6.72. The van der Waals surface area contributed by atoms with E-state index in [0.29, 0.717) is 5.56 Å². The molecule has 1 unspecified atom stereocenters. The molecular weight excluding hydrogens is 415 g/mol. The van der Waals surface area contributed by atoms with Crippen LogP contribution in [0.25, 0.3) is 11.4 Å². The van der Waals surface area contributed by atoms with Crippen LogP contribution in [0.1, 0.15) is 12.3 Å². The Balaban J connectivity index is 1.72. The second-order valence-electron chi connectivity index (χ2n) is 6.52. The standard InChI is InChI=1S/C15H14F3N7O3S/c1-24-11(8-20-23-24)29(26,27)25-7-4-14(9-25,15(16,17)18)13-21-12(22-28-13)10-2-5-19-6-3-10/h2-3,5-6,8H,4,7,9H2,1H3. The van der Waals surface area contributed by atoms with Gasteiger partial charge in [0.2, 0.25) is 11.7 Å². The van der Waals surface area contributed by atoms with Crippen molar-refractivity contribution in [1.29, 1.82) is 0 Å². The SMILES string of the molecule is Cn1nncc1S(=O)(=O)N1CCC(c2nc(-c3ccncc3)no2)(C(F)(F)F)C1. The smallest absolute Gasteiger partial charge is 0.338 e. The maximum Gasteiger partial charge on any atom is 0.404 e. The van der Waals surface area contributed by atoms with Gasteiger partial charge in [-0.2, -0.15) is 22.5 Å². The quantitative estimate of drug-likeness (QED) is 0.606. The summed E-state index contributed by atoms with van der Waals surface area (Å²) in [5.74, 6) is -0.721. The van der Waals surface area contributed by atoms with Crippen LogP contribution in [0, 0.1) is 0 Å². The number of nitrogens with zero attached hydrogens (tertiary/aromatic N) is 7. The van der Waals surface area contributed by atoms with Crippen molar-refractivity contribution in [3.05, 3.63) is 36.6 Å². The number of hydrogen-bond donors (Lipinski definition) is 0. The monoisotopic (exact) mass is 429 g/mol. The molecule has 0 saturated carbocycles. The molecule has 1 aliphatic heterocycles. The minimum absolute atomic E-state index is 0.0387. The summed E-state index contributed by atoms with van der Waals surface area (Å²) in [7, 11) is -2.90. The Bertz CT molecular complexity index is 1130. The Hall–Kier alpha value is -2.87. The van der Waals surface area contributed by atoms with Crippen LogP contribution < -0.4 is 0 Å². The molecule has 0 aromatic carbocycles. The Morgan fingerprint density at radius 3 is 2.59 bits per heavy atom. The summed E-state index contributed by atoms with van der Waals surface area (Å²) in [5.41, 5.74) is -2.19. The van der Waals surface area contributed by atoms with Crippen LogP contribution in [-0.4, -0.2) is 62.1 Å². The van der Waals surface area contributed by atoms with Gasteiger partial charge in [0.1, 0.15) is 0 Å². The van der Waals surface area contributed by atoms with Gasteiger partial charge in [-0.1, -0.05) is 10.4 Å². The number of aryl methyl sites for hydroxylation is 1. The third-order valence-electron chi connectivity index (χ3n) is 4.83. The van der Waals surface area contributed by atoms with Crippen molar-refractivity contribution < 1.29 is 26.1 Å². The van der Waals surface area contributed by atoms with Gasteiger partial charge < -0.3 is 4.52 Å². The topological polar surface area (TPSA) is 120 Å². The van der Waals surface area contributed by atoms with Gasteiger partial charge in [-0.25, -0.2) is 13.1 Å². The summed E-state index contributed by atoms with van der Waals surface area (Å²) in [6.45, 7) is -1.26. The molecule has 14 heteroatoms. The normalized spacial score (nSPS) is 21.0. The first-order chi connectivity index (χ1) is 13.6. The van der Waals surface area contributed by atoms with Gasteiger partial charge in [-0.3, -0.25) is 4.98 Å². The lowest BCUT2D eigenvalue weighted by Crippen LogP contribution is -2.46. The van der Waals surface area contributed by atoms with Crippen molar-refractivity contribution in [2.45, 2.75) is 23.0 Å². The fraction of sp³-hybridized carbons (Fsp3) is 0.400. The molecule has 0 N–H and O–H groups in total. The predicted octanol–water partition coefficient (Wildman–Crippen LogP) is 1.15. The second kappa shape index (κ2) is 6.59. The molecule has 0 radical (unpaired) electrons. The molecule has 154 valence electrons. The lowest BCUT2D eigenvalue weighted by molar-refractivity contribution is -0.192. The van der Waals surface area contributed by atoms with Crippen molar-refractivity contribution in [2.24, 2.45) is 7.05 Å². The van der Waals surface area contributed by atoms with E-state index in [1.54, 1.807) is 0 Å². The lowest BCUT2D eigenvalue weighted by Gasteiger charge is -2.27. The van der Waals surface area contributed by atoms with Crippen molar-refractivity contribution in [1.82, 2.24) is 34.4 Å². The number of sulfonamides is 1. The largest absolute Gasteiger partial charge is 0.404 e. The molecule has 3 aromatic heterocycles. The number of hydrogen-bond acceptors (Lipinski definition) is 8. The zero-order valence-corrected chi connectivity index (χ0v) is 15.7. The van der Waals surface area contributed by atoms with Gasteiger partial charge in [0.05, 0.1) is 6.20 Å². The van der Waals surface area contributed by atoms with Crippen LogP contribution in [0.2, 0.25) is 0 Å². The third kappa shape index (κ3) is 3.07. The van der Waals surface area contributed by atoms with E-state index in [9.17, 15) is 21.6 Å². The van der Waals surface area contributed by atoms with Gasteiger partial charge in [-0.05, 0) is 18.6 Å². The molecule has 0 aliphatic carbocycles. The summed E-state index contributed by atoms with van der Waals surface area (Å²) in [5, 5.41) is 10.3. The van der Waals surface area contributed by atoms with Crippen LogP contribution in [0.5, 0.6) is 0 Å². The molecule has 3 aromatic rings. The van der Waals surface area contributed by atoms with Crippen molar-refractivity contribution >= 4 is 10.0 Å². The van der Waals surface area contributed by atoms with Gasteiger partial charge in [0.25, 0.3) is 10.0 Å². The Kier molecular flexibility index (Phi) is 4.42. The molecule has 4 rings (SSSR count). The molecule has 1 saturated heterocycles. The second-order valence-corrected chi connectivity index (χ2v) is 8.41. The van der Waals surface area contributed by atoms with Crippen LogP contribution in [0.15, 0.2) is 40.3 Å². The minimum Gasteiger partial charge on any atom is -0.338 e. The zero-order chi connectivity index (χ0) is 20.9. The number of alkyl halides is 3. The maximum atomic E-state index is 14.1. The minimum atomic E-state index is -4.82. The summed E-state index contributed by atoms with van der Waals surface area (Å²) in [6, 6.07) is 3.05. The van der Waals surface area contributed by atoms with Crippen molar-refractivity contribution in [3.63, 3.8) is 0 Å². The first-order valence-corrected chi connectivity index (χ1v) is 9.75. The summed E-state index contributed by atoms with van der Waals surface area (Å²) < 4.78 is 74.5.